The number of pyridine rings is 1. The predicted octanol–water partition coefficient (Wildman–Crippen LogP) is 4.28. The monoisotopic (exact) mass is 531 g/mol. The van der Waals surface area contributed by atoms with E-state index in [1.165, 1.54) is 0 Å². The second-order valence-corrected chi connectivity index (χ2v) is 10.7. The standard InChI is InChI=1S/C28H32F3N3O4/c1-38-23-4-2-3-20(14-23)27(9-5-22(15-27)33-10-6-18(7-11-33)25(35)36)26(37)34-12-8-24-19(17-34)13-21(16-32-24)28(29,30)31/h2-4,13-14,16,18,22H,5-12,15,17H2,1H3,(H,35,36). The van der Waals surface area contributed by atoms with Crippen molar-refractivity contribution in [3.05, 3.63) is 58.9 Å². The van der Waals surface area contributed by atoms with Crippen molar-refractivity contribution in [1.29, 1.82) is 0 Å². The third-order valence-electron chi connectivity index (χ3n) is 8.57. The Bertz CT molecular complexity index is 1210. The molecule has 1 N–H and O–H groups in total. The molecule has 7 nitrogen and oxygen atoms in total. The lowest BCUT2D eigenvalue weighted by Gasteiger charge is -2.39. The van der Waals surface area contributed by atoms with E-state index in [1.54, 1.807) is 12.0 Å². The highest BCUT2D eigenvalue weighted by atomic mass is 19.4. The molecule has 3 heterocycles. The number of methoxy groups -OCH3 is 1. The van der Waals surface area contributed by atoms with Crippen LogP contribution in [0.3, 0.4) is 0 Å². The number of aromatic nitrogens is 1. The summed E-state index contributed by atoms with van der Waals surface area (Å²) in [5.41, 5.74) is 0.236. The summed E-state index contributed by atoms with van der Waals surface area (Å²) < 4.78 is 45.4. The van der Waals surface area contributed by atoms with E-state index in [0.717, 1.165) is 24.2 Å². The molecule has 1 amide bonds. The quantitative estimate of drug-likeness (QED) is 0.620. The molecule has 38 heavy (non-hydrogen) atoms. The van der Waals surface area contributed by atoms with Crippen molar-refractivity contribution >= 4 is 11.9 Å². The Kier molecular flexibility index (Phi) is 7.11. The van der Waals surface area contributed by atoms with Crippen LogP contribution in [0.1, 0.15) is 54.5 Å². The maximum atomic E-state index is 14.3. The van der Waals surface area contributed by atoms with Gasteiger partial charge in [-0.3, -0.25) is 14.6 Å². The molecule has 1 saturated heterocycles. The van der Waals surface area contributed by atoms with E-state index < -0.39 is 23.1 Å². The van der Waals surface area contributed by atoms with Gasteiger partial charge in [-0.1, -0.05) is 12.1 Å². The van der Waals surface area contributed by atoms with Gasteiger partial charge < -0.3 is 19.6 Å². The van der Waals surface area contributed by atoms with Crippen LogP contribution in [-0.4, -0.2) is 64.6 Å². The van der Waals surface area contributed by atoms with E-state index in [9.17, 15) is 27.9 Å². The number of fused-ring (bicyclic) bond motifs is 1. The molecule has 1 aromatic heterocycles. The first kappa shape index (κ1) is 26.5. The SMILES string of the molecule is COc1cccc(C2(C(=O)N3CCc4ncc(C(F)(F)F)cc4C3)CCC(N3CCC(C(=O)O)CC3)C2)c1. The van der Waals surface area contributed by atoms with Crippen molar-refractivity contribution in [2.24, 2.45) is 5.92 Å². The summed E-state index contributed by atoms with van der Waals surface area (Å²) in [6.07, 6.45) is -0.100. The predicted molar refractivity (Wildman–Crippen MR) is 133 cm³/mol. The van der Waals surface area contributed by atoms with Crippen LogP contribution in [0, 0.1) is 5.92 Å². The number of ether oxygens (including phenoxy) is 1. The third-order valence-corrected chi connectivity index (χ3v) is 8.57. The zero-order valence-corrected chi connectivity index (χ0v) is 21.3. The van der Waals surface area contributed by atoms with E-state index in [0.29, 0.717) is 68.7 Å². The highest BCUT2D eigenvalue weighted by molar-refractivity contribution is 5.89. The minimum absolute atomic E-state index is 0.0864. The van der Waals surface area contributed by atoms with Crippen LogP contribution in [0.2, 0.25) is 0 Å². The van der Waals surface area contributed by atoms with E-state index in [2.05, 4.69) is 9.88 Å². The summed E-state index contributed by atoms with van der Waals surface area (Å²) in [6.45, 7) is 1.83. The van der Waals surface area contributed by atoms with Crippen LogP contribution in [-0.2, 0) is 34.1 Å². The Morgan fingerprint density at radius 2 is 1.89 bits per heavy atom. The molecule has 2 fully saturated rings. The number of carbonyl (C=O) groups is 2. The fourth-order valence-electron chi connectivity index (χ4n) is 6.40. The van der Waals surface area contributed by atoms with E-state index in [1.807, 2.05) is 24.3 Å². The first-order valence-electron chi connectivity index (χ1n) is 13.1. The van der Waals surface area contributed by atoms with Gasteiger partial charge in [0.25, 0.3) is 0 Å². The van der Waals surface area contributed by atoms with Crippen molar-refractivity contribution in [3.8, 4) is 5.75 Å². The maximum Gasteiger partial charge on any atom is 0.417 e. The number of aliphatic carboxylic acids is 1. The Hall–Kier alpha value is -3.14. The first-order valence-corrected chi connectivity index (χ1v) is 13.1. The number of benzene rings is 1. The Morgan fingerprint density at radius 3 is 2.58 bits per heavy atom. The molecule has 10 heteroatoms. The van der Waals surface area contributed by atoms with Crippen molar-refractivity contribution in [2.75, 3.05) is 26.7 Å². The number of hydrogen-bond donors (Lipinski definition) is 1. The molecule has 2 unspecified atom stereocenters. The number of carbonyl (C=O) groups excluding carboxylic acids is 1. The Balaban J connectivity index is 1.42. The smallest absolute Gasteiger partial charge is 0.417 e. The molecule has 204 valence electrons. The number of likely N-dealkylation sites (tertiary alicyclic amines) is 1. The topological polar surface area (TPSA) is 83.0 Å². The van der Waals surface area contributed by atoms with Crippen LogP contribution in [0.25, 0.3) is 0 Å². The minimum Gasteiger partial charge on any atom is -0.497 e. The molecule has 1 aromatic carbocycles. The summed E-state index contributed by atoms with van der Waals surface area (Å²) in [7, 11) is 1.57. The third kappa shape index (κ3) is 4.98. The molecular formula is C28H32F3N3O4. The van der Waals surface area contributed by atoms with Gasteiger partial charge in [0.05, 0.1) is 24.0 Å². The normalized spacial score (nSPS) is 24.7. The Labute approximate surface area is 219 Å². The maximum absolute atomic E-state index is 14.3. The van der Waals surface area contributed by atoms with Gasteiger partial charge >= 0.3 is 12.1 Å². The van der Waals surface area contributed by atoms with E-state index >= 15 is 0 Å². The summed E-state index contributed by atoms with van der Waals surface area (Å²) >= 11 is 0. The molecule has 1 aliphatic carbocycles. The van der Waals surface area contributed by atoms with Gasteiger partial charge in [0.2, 0.25) is 5.91 Å². The van der Waals surface area contributed by atoms with Crippen molar-refractivity contribution in [3.63, 3.8) is 0 Å². The molecule has 5 rings (SSSR count). The summed E-state index contributed by atoms with van der Waals surface area (Å²) in [4.78, 5) is 33.8. The average molecular weight is 532 g/mol. The van der Waals surface area contributed by atoms with E-state index in [-0.39, 0.29) is 24.4 Å². The largest absolute Gasteiger partial charge is 0.497 e. The molecule has 2 atom stereocenters. The van der Waals surface area contributed by atoms with Gasteiger partial charge in [0, 0.05) is 37.4 Å². The molecule has 0 spiro atoms. The van der Waals surface area contributed by atoms with Crippen molar-refractivity contribution in [2.45, 2.75) is 62.7 Å². The van der Waals surface area contributed by atoms with Crippen LogP contribution in [0.4, 0.5) is 13.2 Å². The van der Waals surface area contributed by atoms with Crippen LogP contribution < -0.4 is 4.74 Å². The lowest BCUT2D eigenvalue weighted by molar-refractivity contribution is -0.143. The number of alkyl halides is 3. The molecule has 2 aromatic rings. The summed E-state index contributed by atoms with van der Waals surface area (Å²) in [6, 6.07) is 8.74. The highest BCUT2D eigenvalue weighted by Crippen LogP contribution is 2.46. The average Bonchev–Trinajstić information content (AvgIpc) is 3.38. The number of rotatable bonds is 5. The van der Waals surface area contributed by atoms with Crippen molar-refractivity contribution in [1.82, 2.24) is 14.8 Å². The summed E-state index contributed by atoms with van der Waals surface area (Å²) in [5, 5.41) is 9.37. The van der Waals surface area contributed by atoms with Crippen molar-refractivity contribution < 1.29 is 32.6 Å². The number of carboxylic acid groups (broad SMARTS) is 1. The van der Waals surface area contributed by atoms with E-state index in [4.69, 9.17) is 4.74 Å². The summed E-state index contributed by atoms with van der Waals surface area (Å²) in [5.74, 6) is -0.535. The fourth-order valence-corrected chi connectivity index (χ4v) is 6.40. The van der Waals surface area contributed by atoms with Crippen LogP contribution >= 0.6 is 0 Å². The number of halogens is 3. The minimum atomic E-state index is -4.50. The van der Waals surface area contributed by atoms with Gasteiger partial charge in [-0.2, -0.15) is 13.2 Å². The highest BCUT2D eigenvalue weighted by Gasteiger charge is 2.50. The van der Waals surface area contributed by atoms with Gasteiger partial charge in [0.1, 0.15) is 5.75 Å². The number of hydrogen-bond acceptors (Lipinski definition) is 5. The van der Waals surface area contributed by atoms with Crippen LogP contribution in [0.5, 0.6) is 5.75 Å². The second kappa shape index (κ2) is 10.2. The number of nitrogens with zero attached hydrogens (tertiary/aromatic N) is 3. The lowest BCUT2D eigenvalue weighted by Crippen LogP contribution is -2.49. The second-order valence-electron chi connectivity index (χ2n) is 10.7. The molecule has 3 aliphatic rings. The van der Waals surface area contributed by atoms with Gasteiger partial charge in [-0.25, -0.2) is 0 Å². The number of piperidine rings is 1. The van der Waals surface area contributed by atoms with Gasteiger partial charge in [-0.05, 0) is 74.5 Å². The molecule has 0 radical (unpaired) electrons. The van der Waals surface area contributed by atoms with Gasteiger partial charge in [-0.15, -0.1) is 0 Å². The number of amides is 1. The lowest BCUT2D eigenvalue weighted by atomic mass is 9.76. The van der Waals surface area contributed by atoms with Crippen LogP contribution in [0.15, 0.2) is 36.5 Å². The zero-order valence-electron chi connectivity index (χ0n) is 21.3. The first-order chi connectivity index (χ1) is 18.1. The Morgan fingerprint density at radius 1 is 1.13 bits per heavy atom. The number of carboxylic acids is 1. The zero-order chi connectivity index (χ0) is 27.1. The molecular weight excluding hydrogens is 499 g/mol. The molecule has 2 aliphatic heterocycles. The van der Waals surface area contributed by atoms with Gasteiger partial charge in [0.15, 0.2) is 0 Å². The fraction of sp³-hybridized carbons (Fsp3) is 0.536. The molecule has 0 bridgehead atoms. The molecule has 1 saturated carbocycles.